The maximum Gasteiger partial charge on any atom is 0.122 e. The van der Waals surface area contributed by atoms with Crippen molar-refractivity contribution < 1.29 is 15.3 Å². The lowest BCUT2D eigenvalue weighted by atomic mass is 9.93. The van der Waals surface area contributed by atoms with Crippen LogP contribution in [0.15, 0.2) is 60.7 Å². The van der Waals surface area contributed by atoms with Crippen molar-refractivity contribution in [3.63, 3.8) is 0 Å². The van der Waals surface area contributed by atoms with E-state index in [2.05, 4.69) is 19.1 Å². The molecule has 140 valence electrons. The second-order valence-corrected chi connectivity index (χ2v) is 7.01. The van der Waals surface area contributed by atoms with Crippen LogP contribution in [0.2, 0.25) is 0 Å². The number of hydrogen-bond donors (Lipinski definition) is 3. The zero-order valence-corrected chi connectivity index (χ0v) is 15.7. The Morgan fingerprint density at radius 1 is 0.704 bits per heavy atom. The maximum absolute atomic E-state index is 10.9. The molecule has 0 aliphatic carbocycles. The normalized spacial score (nSPS) is 10.9. The summed E-state index contributed by atoms with van der Waals surface area (Å²) in [7, 11) is 0. The molecule has 0 unspecified atom stereocenters. The van der Waals surface area contributed by atoms with Crippen LogP contribution in [0.5, 0.6) is 17.2 Å². The van der Waals surface area contributed by atoms with Crippen LogP contribution in [0.1, 0.15) is 47.6 Å². The number of para-hydroxylation sites is 1. The average Bonchev–Trinajstić information content (AvgIpc) is 2.67. The van der Waals surface area contributed by atoms with E-state index in [-0.39, 0.29) is 17.2 Å². The van der Waals surface area contributed by atoms with Crippen molar-refractivity contribution in [2.75, 3.05) is 0 Å². The minimum atomic E-state index is 0.236. The van der Waals surface area contributed by atoms with Gasteiger partial charge in [-0.25, -0.2) is 0 Å². The van der Waals surface area contributed by atoms with Crippen LogP contribution in [-0.4, -0.2) is 15.3 Å². The number of hydrogen-bond acceptors (Lipinski definition) is 3. The van der Waals surface area contributed by atoms with Crippen molar-refractivity contribution in [1.82, 2.24) is 0 Å². The summed E-state index contributed by atoms with van der Waals surface area (Å²) in [6, 6.07) is 18.4. The van der Waals surface area contributed by atoms with Gasteiger partial charge in [0, 0.05) is 12.8 Å². The molecule has 0 saturated carbocycles. The number of rotatable bonds is 7. The highest BCUT2D eigenvalue weighted by Crippen LogP contribution is 2.31. The molecule has 0 heterocycles. The summed E-state index contributed by atoms with van der Waals surface area (Å²) in [5.74, 6) is 0.766. The van der Waals surface area contributed by atoms with Gasteiger partial charge in [-0.2, -0.15) is 0 Å². The molecule has 0 saturated heterocycles. The van der Waals surface area contributed by atoms with Crippen LogP contribution in [-0.2, 0) is 19.3 Å². The number of aryl methyl sites for hydroxylation is 1. The molecule has 3 aromatic rings. The Kier molecular flexibility index (Phi) is 6.02. The molecule has 0 bridgehead atoms. The third-order valence-electron chi connectivity index (χ3n) is 4.85. The van der Waals surface area contributed by atoms with Gasteiger partial charge in [0.2, 0.25) is 0 Å². The van der Waals surface area contributed by atoms with Gasteiger partial charge in [-0.1, -0.05) is 55.8 Å². The van der Waals surface area contributed by atoms with Gasteiger partial charge in [0.25, 0.3) is 0 Å². The molecule has 0 aromatic heterocycles. The molecule has 3 rings (SSSR count). The van der Waals surface area contributed by atoms with E-state index in [9.17, 15) is 15.3 Å². The lowest BCUT2D eigenvalue weighted by molar-refractivity contribution is 0.459. The minimum absolute atomic E-state index is 0.236. The standard InChI is InChI=1S/C24H26O3/c1-2-3-6-18-14-20(13-17-9-11-22(25)12-10-17)24(27)21(15-18)16-19-7-4-5-8-23(19)26/h4-5,7-12,14-15,25-27H,2-3,6,13,16H2,1H3. The first-order valence-electron chi connectivity index (χ1n) is 9.45. The van der Waals surface area contributed by atoms with Gasteiger partial charge >= 0.3 is 0 Å². The summed E-state index contributed by atoms with van der Waals surface area (Å²) in [6.07, 6.45) is 4.26. The van der Waals surface area contributed by atoms with Crippen LogP contribution >= 0.6 is 0 Å². The molecular weight excluding hydrogens is 336 g/mol. The molecule has 0 aliphatic rings. The van der Waals surface area contributed by atoms with E-state index >= 15 is 0 Å². The molecule has 0 atom stereocenters. The molecule has 3 heteroatoms. The second-order valence-electron chi connectivity index (χ2n) is 7.01. The Balaban J connectivity index is 1.96. The Bertz CT molecular complexity index is 898. The van der Waals surface area contributed by atoms with E-state index in [1.807, 2.05) is 24.3 Å². The van der Waals surface area contributed by atoms with Gasteiger partial charge < -0.3 is 15.3 Å². The quantitative estimate of drug-likeness (QED) is 0.532. The fourth-order valence-corrected chi connectivity index (χ4v) is 3.33. The molecule has 0 fully saturated rings. The minimum Gasteiger partial charge on any atom is -0.508 e. The number of benzene rings is 3. The fourth-order valence-electron chi connectivity index (χ4n) is 3.33. The number of phenols is 3. The molecule has 0 aliphatic heterocycles. The summed E-state index contributed by atoms with van der Waals surface area (Å²) < 4.78 is 0. The van der Waals surface area contributed by atoms with Crippen LogP contribution < -0.4 is 0 Å². The summed E-state index contributed by atoms with van der Waals surface area (Å²) in [6.45, 7) is 2.17. The number of aromatic hydroxyl groups is 3. The molecule has 0 radical (unpaired) electrons. The third kappa shape index (κ3) is 4.82. The van der Waals surface area contributed by atoms with Gasteiger partial charge in [0.05, 0.1) is 0 Å². The third-order valence-corrected chi connectivity index (χ3v) is 4.85. The van der Waals surface area contributed by atoms with Crippen molar-refractivity contribution >= 4 is 0 Å². The molecule has 27 heavy (non-hydrogen) atoms. The number of unbranched alkanes of at least 4 members (excludes halogenated alkanes) is 1. The lowest BCUT2D eigenvalue weighted by Gasteiger charge is -2.14. The first kappa shape index (κ1) is 18.8. The molecule has 0 amide bonds. The van der Waals surface area contributed by atoms with Crippen molar-refractivity contribution in [3.8, 4) is 17.2 Å². The fraction of sp³-hybridized carbons (Fsp3) is 0.250. The largest absolute Gasteiger partial charge is 0.508 e. The average molecular weight is 362 g/mol. The highest BCUT2D eigenvalue weighted by Gasteiger charge is 2.13. The maximum atomic E-state index is 10.9. The van der Waals surface area contributed by atoms with Gasteiger partial charge in [-0.3, -0.25) is 0 Å². The van der Waals surface area contributed by atoms with Crippen molar-refractivity contribution in [2.24, 2.45) is 0 Å². The Labute approximate surface area is 160 Å². The SMILES string of the molecule is CCCCc1cc(Cc2ccc(O)cc2)c(O)c(Cc2ccccc2O)c1. The van der Waals surface area contributed by atoms with E-state index in [0.29, 0.717) is 12.8 Å². The summed E-state index contributed by atoms with van der Waals surface area (Å²) in [5.41, 5.74) is 4.74. The predicted octanol–water partition coefficient (Wildman–Crippen LogP) is 5.33. The van der Waals surface area contributed by atoms with Crippen LogP contribution in [0.4, 0.5) is 0 Å². The molecule has 3 nitrogen and oxygen atoms in total. The molecule has 3 aromatic carbocycles. The lowest BCUT2D eigenvalue weighted by Crippen LogP contribution is -1.98. The highest BCUT2D eigenvalue weighted by atomic mass is 16.3. The van der Waals surface area contributed by atoms with Gasteiger partial charge in [-0.15, -0.1) is 0 Å². The Morgan fingerprint density at radius 2 is 1.37 bits per heavy atom. The number of phenolic OH excluding ortho intramolecular Hbond substituents is 3. The predicted molar refractivity (Wildman–Crippen MR) is 109 cm³/mol. The summed E-state index contributed by atoms with van der Waals surface area (Å²) in [5, 5.41) is 30.5. The van der Waals surface area contributed by atoms with Gasteiger partial charge in [-0.05, 0) is 58.9 Å². The Hall–Kier alpha value is -2.94. The molecule has 3 N–H and O–H groups in total. The molecular formula is C24H26O3. The first-order valence-corrected chi connectivity index (χ1v) is 9.45. The van der Waals surface area contributed by atoms with Crippen molar-refractivity contribution in [3.05, 3.63) is 88.5 Å². The van der Waals surface area contributed by atoms with Crippen LogP contribution in [0.3, 0.4) is 0 Å². The zero-order valence-electron chi connectivity index (χ0n) is 15.7. The second kappa shape index (κ2) is 8.63. The monoisotopic (exact) mass is 362 g/mol. The van der Waals surface area contributed by atoms with E-state index in [1.54, 1.807) is 24.3 Å². The van der Waals surface area contributed by atoms with Gasteiger partial charge in [0.15, 0.2) is 0 Å². The highest BCUT2D eigenvalue weighted by molar-refractivity contribution is 5.49. The smallest absolute Gasteiger partial charge is 0.122 e. The van der Waals surface area contributed by atoms with Gasteiger partial charge in [0.1, 0.15) is 17.2 Å². The van der Waals surface area contributed by atoms with E-state index in [1.165, 1.54) is 5.56 Å². The molecule has 0 spiro atoms. The Morgan fingerprint density at radius 3 is 2.04 bits per heavy atom. The summed E-state index contributed by atoms with van der Waals surface area (Å²) >= 11 is 0. The first-order chi connectivity index (χ1) is 13.1. The van der Waals surface area contributed by atoms with E-state index in [0.717, 1.165) is 41.5 Å². The van der Waals surface area contributed by atoms with Crippen LogP contribution in [0.25, 0.3) is 0 Å². The summed E-state index contributed by atoms with van der Waals surface area (Å²) in [4.78, 5) is 0. The van der Waals surface area contributed by atoms with Crippen molar-refractivity contribution in [1.29, 1.82) is 0 Å². The van der Waals surface area contributed by atoms with Crippen LogP contribution in [0, 0.1) is 0 Å². The zero-order chi connectivity index (χ0) is 19.2. The topological polar surface area (TPSA) is 60.7 Å². The van der Waals surface area contributed by atoms with E-state index < -0.39 is 0 Å². The van der Waals surface area contributed by atoms with Crippen molar-refractivity contribution in [2.45, 2.75) is 39.0 Å². The van der Waals surface area contributed by atoms with E-state index in [4.69, 9.17) is 0 Å².